The highest BCUT2D eigenvalue weighted by Gasteiger charge is 2.11. The number of hydrogen-bond acceptors (Lipinski definition) is 4. The Hall–Kier alpha value is -1.82. The molecule has 0 radical (unpaired) electrons. The van der Waals surface area contributed by atoms with Crippen LogP contribution in [0.2, 0.25) is 0 Å². The second kappa shape index (κ2) is 5.22. The number of rotatable bonds is 5. The molecule has 1 heterocycles. The summed E-state index contributed by atoms with van der Waals surface area (Å²) in [7, 11) is -3.20. The van der Waals surface area contributed by atoms with Crippen LogP contribution < -0.4 is 5.32 Å². The van der Waals surface area contributed by atoms with Gasteiger partial charge < -0.3 is 5.32 Å². The summed E-state index contributed by atoms with van der Waals surface area (Å²) in [5.74, 6) is 0. The number of nitrogens with one attached hydrogen (secondary N) is 1. The van der Waals surface area contributed by atoms with Gasteiger partial charge in [0.25, 0.3) is 0 Å². The van der Waals surface area contributed by atoms with Crippen molar-refractivity contribution >= 4 is 15.5 Å². The number of benzene rings is 1. The predicted octanol–water partition coefficient (Wildman–Crippen LogP) is 1.40. The maximum absolute atomic E-state index is 11.6. The topological polar surface area (TPSA) is 64.0 Å². The molecule has 0 amide bonds. The molecule has 0 aliphatic heterocycles. The molecule has 0 fully saturated rings. The van der Waals surface area contributed by atoms with E-state index in [-0.39, 0.29) is 0 Å². The minimum absolute atomic E-state index is 0.325. The van der Waals surface area contributed by atoms with Gasteiger partial charge in [0, 0.05) is 25.2 Å². The van der Waals surface area contributed by atoms with Crippen LogP contribution in [0, 0.1) is 0 Å². The van der Waals surface area contributed by atoms with Gasteiger partial charge in [-0.15, -0.1) is 0 Å². The van der Waals surface area contributed by atoms with E-state index in [0.29, 0.717) is 23.7 Å². The summed E-state index contributed by atoms with van der Waals surface area (Å²) in [4.78, 5) is 0.325. The third-order valence-corrected chi connectivity index (χ3v) is 3.66. The molecule has 5 nitrogen and oxygen atoms in total. The number of hydrogen-bond donors (Lipinski definition) is 1. The van der Waals surface area contributed by atoms with Gasteiger partial charge in [0.1, 0.15) is 0 Å². The van der Waals surface area contributed by atoms with Crippen molar-refractivity contribution in [3.63, 3.8) is 0 Å². The summed E-state index contributed by atoms with van der Waals surface area (Å²) in [5, 5.41) is 7.20. The van der Waals surface area contributed by atoms with Crippen LogP contribution in [0.1, 0.15) is 0 Å². The van der Waals surface area contributed by atoms with Gasteiger partial charge in [-0.25, -0.2) is 8.42 Å². The molecule has 0 spiro atoms. The highest BCUT2D eigenvalue weighted by atomic mass is 32.2. The fourth-order valence-electron chi connectivity index (χ4n) is 1.67. The molecule has 1 N–H and O–H groups in total. The summed E-state index contributed by atoms with van der Waals surface area (Å²) < 4.78 is 25.0. The Morgan fingerprint density at radius 1 is 1.28 bits per heavy atom. The zero-order valence-corrected chi connectivity index (χ0v) is 10.9. The van der Waals surface area contributed by atoms with Crippen LogP contribution in [0.3, 0.4) is 0 Å². The van der Waals surface area contributed by atoms with Crippen molar-refractivity contribution in [2.45, 2.75) is 11.4 Å². The Morgan fingerprint density at radius 2 is 2.06 bits per heavy atom. The van der Waals surface area contributed by atoms with Crippen molar-refractivity contribution < 1.29 is 8.42 Å². The van der Waals surface area contributed by atoms with Crippen LogP contribution in [-0.4, -0.2) is 31.0 Å². The van der Waals surface area contributed by atoms with Crippen molar-refractivity contribution in [2.75, 3.05) is 18.1 Å². The van der Waals surface area contributed by atoms with Gasteiger partial charge in [-0.2, -0.15) is 5.10 Å². The van der Waals surface area contributed by atoms with Crippen molar-refractivity contribution in [1.29, 1.82) is 0 Å². The fourth-order valence-corrected chi connectivity index (χ4v) is 2.54. The lowest BCUT2D eigenvalue weighted by Gasteiger charge is -2.10. The first-order chi connectivity index (χ1) is 8.57. The standard InChI is InChI=1S/C12H15N3O2S/c1-18(16,17)12-6-3-2-5-11(12)13-8-10-15-9-4-7-14-15/h2-7,9,13H,8,10H2,1H3. The Labute approximate surface area is 106 Å². The molecule has 96 valence electrons. The van der Waals surface area contributed by atoms with E-state index >= 15 is 0 Å². The summed E-state index contributed by atoms with van der Waals surface area (Å²) in [6.07, 6.45) is 4.79. The zero-order chi connectivity index (χ0) is 13.0. The lowest BCUT2D eigenvalue weighted by atomic mass is 10.3. The van der Waals surface area contributed by atoms with Gasteiger partial charge in [0.05, 0.1) is 17.1 Å². The number of aromatic nitrogens is 2. The Morgan fingerprint density at radius 3 is 2.72 bits per heavy atom. The first-order valence-electron chi connectivity index (χ1n) is 5.58. The molecule has 0 bridgehead atoms. The predicted molar refractivity (Wildman–Crippen MR) is 70.3 cm³/mol. The zero-order valence-electron chi connectivity index (χ0n) is 10.1. The number of anilines is 1. The highest BCUT2D eigenvalue weighted by molar-refractivity contribution is 7.90. The number of para-hydroxylation sites is 1. The largest absolute Gasteiger partial charge is 0.382 e. The molecule has 1 aromatic heterocycles. The van der Waals surface area contributed by atoms with Crippen molar-refractivity contribution in [3.05, 3.63) is 42.7 Å². The molecule has 0 aliphatic carbocycles. The Balaban J connectivity index is 2.06. The van der Waals surface area contributed by atoms with Gasteiger partial charge >= 0.3 is 0 Å². The molecule has 2 rings (SSSR count). The maximum Gasteiger partial charge on any atom is 0.177 e. The minimum atomic E-state index is -3.20. The first-order valence-corrected chi connectivity index (χ1v) is 7.47. The molecule has 0 saturated carbocycles. The third kappa shape index (κ3) is 3.10. The van der Waals surface area contributed by atoms with Crippen molar-refractivity contribution in [1.82, 2.24) is 9.78 Å². The molecule has 0 saturated heterocycles. The Kier molecular flexibility index (Phi) is 3.66. The van der Waals surface area contributed by atoms with Crippen molar-refractivity contribution in [2.24, 2.45) is 0 Å². The molecular weight excluding hydrogens is 250 g/mol. The number of nitrogens with zero attached hydrogens (tertiary/aromatic N) is 2. The van der Waals surface area contributed by atoms with E-state index < -0.39 is 9.84 Å². The highest BCUT2D eigenvalue weighted by Crippen LogP contribution is 2.20. The van der Waals surface area contributed by atoms with Gasteiger partial charge in [-0.1, -0.05) is 12.1 Å². The first kappa shape index (κ1) is 12.6. The molecule has 0 aliphatic rings. The van der Waals surface area contributed by atoms with E-state index in [1.807, 2.05) is 18.3 Å². The minimum Gasteiger partial charge on any atom is -0.382 e. The summed E-state index contributed by atoms with van der Waals surface area (Å²) >= 11 is 0. The van der Waals surface area contributed by atoms with E-state index in [1.165, 1.54) is 6.26 Å². The molecular formula is C12H15N3O2S. The lowest BCUT2D eigenvalue weighted by molar-refractivity contribution is 0.601. The van der Waals surface area contributed by atoms with Crippen LogP contribution >= 0.6 is 0 Å². The Bertz CT molecular complexity index is 606. The summed E-state index contributed by atoms with van der Waals surface area (Å²) in [5.41, 5.74) is 0.632. The molecule has 2 aromatic rings. The summed E-state index contributed by atoms with van der Waals surface area (Å²) in [6, 6.07) is 8.75. The molecule has 6 heteroatoms. The van der Waals surface area contributed by atoms with E-state index in [1.54, 1.807) is 29.1 Å². The molecule has 0 atom stereocenters. The quantitative estimate of drug-likeness (QED) is 0.887. The smallest absolute Gasteiger partial charge is 0.177 e. The number of sulfone groups is 1. The van der Waals surface area contributed by atoms with E-state index in [4.69, 9.17) is 0 Å². The van der Waals surface area contributed by atoms with Crippen molar-refractivity contribution in [3.8, 4) is 0 Å². The second-order valence-corrected chi connectivity index (χ2v) is 5.95. The maximum atomic E-state index is 11.6. The van der Waals surface area contributed by atoms with Crippen LogP contribution in [0.15, 0.2) is 47.6 Å². The lowest BCUT2D eigenvalue weighted by Crippen LogP contribution is -2.12. The van der Waals surface area contributed by atoms with Gasteiger partial charge in [0.2, 0.25) is 0 Å². The summed E-state index contributed by atoms with van der Waals surface area (Å²) in [6.45, 7) is 1.30. The van der Waals surface area contributed by atoms with E-state index in [9.17, 15) is 8.42 Å². The van der Waals surface area contributed by atoms with Crippen LogP contribution in [-0.2, 0) is 16.4 Å². The monoisotopic (exact) mass is 265 g/mol. The average molecular weight is 265 g/mol. The molecule has 18 heavy (non-hydrogen) atoms. The van der Waals surface area contributed by atoms with E-state index in [2.05, 4.69) is 10.4 Å². The molecule has 1 aromatic carbocycles. The average Bonchev–Trinajstić information content (AvgIpc) is 2.81. The van der Waals surface area contributed by atoms with Gasteiger partial charge in [-0.3, -0.25) is 4.68 Å². The SMILES string of the molecule is CS(=O)(=O)c1ccccc1NCCn1cccn1. The second-order valence-electron chi connectivity index (χ2n) is 3.96. The van der Waals surface area contributed by atoms with Crippen LogP contribution in [0.25, 0.3) is 0 Å². The van der Waals surface area contributed by atoms with E-state index in [0.717, 1.165) is 0 Å². The van der Waals surface area contributed by atoms with Gasteiger partial charge in [-0.05, 0) is 18.2 Å². The van der Waals surface area contributed by atoms with Gasteiger partial charge in [0.15, 0.2) is 9.84 Å². The van der Waals surface area contributed by atoms with Crippen LogP contribution in [0.5, 0.6) is 0 Å². The normalized spacial score (nSPS) is 11.4. The molecule has 0 unspecified atom stereocenters. The fraction of sp³-hybridized carbons (Fsp3) is 0.250. The third-order valence-electron chi connectivity index (χ3n) is 2.50. The van der Waals surface area contributed by atoms with Crippen LogP contribution in [0.4, 0.5) is 5.69 Å².